The van der Waals surface area contributed by atoms with Crippen LogP contribution in [0.15, 0.2) is 30.3 Å². The number of rotatable bonds is 3. The molecule has 0 radical (unpaired) electrons. The molecule has 0 aromatic heterocycles. The number of ether oxygens (including phenoxy) is 1. The third kappa shape index (κ3) is 2.99. The predicted molar refractivity (Wildman–Crippen MR) is 101 cm³/mol. The summed E-state index contributed by atoms with van der Waals surface area (Å²) in [6, 6.07) is 7.06. The third-order valence-corrected chi connectivity index (χ3v) is 5.85. The van der Waals surface area contributed by atoms with E-state index in [1.165, 1.54) is 24.3 Å². The second kappa shape index (κ2) is 7.62. The molecule has 30 heavy (non-hydrogen) atoms. The van der Waals surface area contributed by atoms with Gasteiger partial charge in [0.1, 0.15) is 35.9 Å². The first-order valence-corrected chi connectivity index (χ1v) is 9.43. The van der Waals surface area contributed by atoms with Crippen LogP contribution in [0.25, 0.3) is 0 Å². The summed E-state index contributed by atoms with van der Waals surface area (Å²) in [5, 5.41) is 71.0. The molecule has 0 amide bonds. The Labute approximate surface area is 171 Å². The molecule has 1 fully saturated rings. The van der Waals surface area contributed by atoms with Crippen molar-refractivity contribution in [1.82, 2.24) is 0 Å². The molecule has 7 N–H and O–H groups in total. The van der Waals surface area contributed by atoms with Gasteiger partial charge in [0, 0.05) is 5.92 Å². The Morgan fingerprint density at radius 3 is 2.23 bits per heavy atom. The van der Waals surface area contributed by atoms with Gasteiger partial charge in [-0.1, -0.05) is 18.2 Å². The van der Waals surface area contributed by atoms with Crippen LogP contribution in [0.1, 0.15) is 38.5 Å². The minimum absolute atomic E-state index is 0.0843. The average molecular weight is 418 g/mol. The van der Waals surface area contributed by atoms with Crippen molar-refractivity contribution in [3.05, 3.63) is 58.1 Å². The van der Waals surface area contributed by atoms with E-state index in [4.69, 9.17) is 4.74 Å². The fourth-order valence-electron chi connectivity index (χ4n) is 4.41. The topological polar surface area (TPSA) is 168 Å². The quantitative estimate of drug-likeness (QED) is 0.334. The van der Waals surface area contributed by atoms with Gasteiger partial charge < -0.3 is 40.5 Å². The van der Waals surface area contributed by atoms with Gasteiger partial charge in [-0.2, -0.15) is 0 Å². The van der Waals surface area contributed by atoms with Gasteiger partial charge in [0.25, 0.3) is 0 Å². The van der Waals surface area contributed by atoms with E-state index in [0.29, 0.717) is 5.56 Å². The van der Waals surface area contributed by atoms with Gasteiger partial charge in [-0.05, 0) is 28.8 Å². The molecule has 0 saturated carbocycles. The van der Waals surface area contributed by atoms with Gasteiger partial charge in [0.2, 0.25) is 5.78 Å². The van der Waals surface area contributed by atoms with Crippen LogP contribution < -0.4 is 0 Å². The van der Waals surface area contributed by atoms with E-state index in [2.05, 4.69) is 0 Å². The SMILES string of the molecule is O=C1c2c(O)cccc2C(C2O[C@H](CO)[C@@H](O)[C@H](O)[C@H]2O)c2cc(CO)cc(O)c21. The first-order chi connectivity index (χ1) is 14.3. The normalized spacial score (nSPS) is 30.6. The minimum Gasteiger partial charge on any atom is -0.507 e. The molecule has 2 aromatic rings. The molecule has 1 saturated heterocycles. The number of benzene rings is 2. The van der Waals surface area contributed by atoms with Crippen molar-refractivity contribution in [2.45, 2.75) is 43.0 Å². The summed E-state index contributed by atoms with van der Waals surface area (Å²) in [6.45, 7) is -1.06. The second-order valence-electron chi connectivity index (χ2n) is 7.58. The maximum atomic E-state index is 13.1. The first kappa shape index (κ1) is 20.7. The molecule has 1 heterocycles. The summed E-state index contributed by atoms with van der Waals surface area (Å²) < 4.78 is 5.73. The zero-order chi connectivity index (χ0) is 21.7. The van der Waals surface area contributed by atoms with Crippen LogP contribution in [-0.2, 0) is 11.3 Å². The fourth-order valence-corrected chi connectivity index (χ4v) is 4.41. The minimum atomic E-state index is -1.64. The van der Waals surface area contributed by atoms with Crippen molar-refractivity contribution in [2.75, 3.05) is 6.61 Å². The fraction of sp³-hybridized carbons (Fsp3) is 0.381. The Bertz CT molecular complexity index is 987. The van der Waals surface area contributed by atoms with E-state index in [0.717, 1.165) is 0 Å². The Morgan fingerprint density at radius 1 is 0.867 bits per heavy atom. The van der Waals surface area contributed by atoms with Gasteiger partial charge in [-0.25, -0.2) is 0 Å². The molecule has 9 nitrogen and oxygen atoms in total. The number of aliphatic hydroxyl groups is 5. The van der Waals surface area contributed by atoms with Crippen LogP contribution in [0.4, 0.5) is 0 Å². The lowest BCUT2D eigenvalue weighted by molar-refractivity contribution is -0.232. The summed E-state index contributed by atoms with van der Waals surface area (Å²) in [7, 11) is 0. The smallest absolute Gasteiger partial charge is 0.201 e. The molecule has 2 unspecified atom stereocenters. The second-order valence-corrected chi connectivity index (χ2v) is 7.58. The molecule has 1 aliphatic heterocycles. The zero-order valence-corrected chi connectivity index (χ0v) is 15.7. The van der Waals surface area contributed by atoms with Gasteiger partial charge in [0.15, 0.2) is 0 Å². The number of ketones is 1. The Kier molecular flexibility index (Phi) is 5.27. The lowest BCUT2D eigenvalue weighted by atomic mass is 9.71. The van der Waals surface area contributed by atoms with E-state index >= 15 is 0 Å². The first-order valence-electron chi connectivity index (χ1n) is 9.43. The van der Waals surface area contributed by atoms with Crippen molar-refractivity contribution in [3.8, 4) is 11.5 Å². The van der Waals surface area contributed by atoms with Crippen molar-refractivity contribution in [2.24, 2.45) is 0 Å². The van der Waals surface area contributed by atoms with Crippen LogP contribution in [-0.4, -0.2) is 78.7 Å². The maximum Gasteiger partial charge on any atom is 0.201 e. The Balaban J connectivity index is 1.96. The molecule has 160 valence electrons. The van der Waals surface area contributed by atoms with Crippen molar-refractivity contribution in [3.63, 3.8) is 0 Å². The standard InChI is InChI=1S/C21H22O9/c22-6-8-4-10-14(21-20(29)19(28)17(26)13(7-23)30-21)9-2-1-3-11(24)15(9)18(27)16(10)12(25)5-8/h1-5,13-14,17,19-26,28-29H,6-7H2/t13-,14?,17-,19+,20-,21?/m1/s1. The lowest BCUT2D eigenvalue weighted by Crippen LogP contribution is -2.60. The number of aromatic hydroxyl groups is 2. The number of aliphatic hydroxyl groups excluding tert-OH is 5. The largest absolute Gasteiger partial charge is 0.507 e. The van der Waals surface area contributed by atoms with E-state index in [-0.39, 0.29) is 28.0 Å². The monoisotopic (exact) mass is 418 g/mol. The number of carbonyl (C=O) groups is 1. The number of phenols is 2. The van der Waals surface area contributed by atoms with E-state index in [1.807, 2.05) is 0 Å². The van der Waals surface area contributed by atoms with Crippen LogP contribution in [0.2, 0.25) is 0 Å². The highest BCUT2D eigenvalue weighted by atomic mass is 16.5. The molecular weight excluding hydrogens is 396 g/mol. The Hall–Kier alpha value is -2.53. The van der Waals surface area contributed by atoms with Gasteiger partial charge >= 0.3 is 0 Å². The summed E-state index contributed by atoms with van der Waals surface area (Å²) in [4.78, 5) is 13.1. The predicted octanol–water partition coefficient (Wildman–Crippen LogP) is -0.891. The van der Waals surface area contributed by atoms with Gasteiger partial charge in [-0.15, -0.1) is 0 Å². The van der Waals surface area contributed by atoms with Crippen LogP contribution in [0.3, 0.4) is 0 Å². The highest BCUT2D eigenvalue weighted by Gasteiger charge is 2.50. The average Bonchev–Trinajstić information content (AvgIpc) is 2.73. The van der Waals surface area contributed by atoms with Crippen molar-refractivity contribution >= 4 is 5.78 Å². The molecule has 2 aromatic carbocycles. The summed E-state index contributed by atoms with van der Waals surface area (Å²) >= 11 is 0. The highest BCUT2D eigenvalue weighted by molar-refractivity contribution is 6.16. The number of carbonyl (C=O) groups excluding carboxylic acids is 1. The highest BCUT2D eigenvalue weighted by Crippen LogP contribution is 2.47. The number of hydrogen-bond donors (Lipinski definition) is 7. The van der Waals surface area contributed by atoms with Gasteiger partial charge in [-0.3, -0.25) is 4.79 Å². The molecule has 2 aliphatic rings. The zero-order valence-electron chi connectivity index (χ0n) is 15.7. The van der Waals surface area contributed by atoms with E-state index in [1.54, 1.807) is 6.07 Å². The Morgan fingerprint density at radius 2 is 1.57 bits per heavy atom. The van der Waals surface area contributed by atoms with Crippen molar-refractivity contribution in [1.29, 1.82) is 0 Å². The van der Waals surface area contributed by atoms with E-state index in [9.17, 15) is 40.5 Å². The summed E-state index contributed by atoms with van der Waals surface area (Å²) in [5.41, 5.74) is 0.609. The third-order valence-electron chi connectivity index (χ3n) is 5.85. The van der Waals surface area contributed by atoms with Crippen LogP contribution in [0.5, 0.6) is 11.5 Å². The molecule has 0 bridgehead atoms. The number of fused-ring (bicyclic) bond motifs is 2. The molecule has 4 rings (SSSR count). The summed E-state index contributed by atoms with van der Waals surface area (Å²) in [5.74, 6) is -2.34. The molecule has 6 atom stereocenters. The van der Waals surface area contributed by atoms with Crippen molar-refractivity contribution < 1.29 is 45.3 Å². The van der Waals surface area contributed by atoms with Crippen LogP contribution >= 0.6 is 0 Å². The van der Waals surface area contributed by atoms with E-state index < -0.39 is 61.2 Å². The number of phenolic OH excluding ortho intramolecular Hbond substituents is 2. The summed E-state index contributed by atoms with van der Waals surface area (Å²) in [6.07, 6.45) is -7.22. The molecule has 1 aliphatic carbocycles. The molecule has 9 heteroatoms. The molecular formula is C21H22O9. The maximum absolute atomic E-state index is 13.1. The van der Waals surface area contributed by atoms with Crippen LogP contribution in [0, 0.1) is 0 Å². The van der Waals surface area contributed by atoms with Gasteiger partial charge in [0.05, 0.1) is 30.4 Å². The molecule has 0 spiro atoms. The number of hydrogen-bond acceptors (Lipinski definition) is 9. The lowest BCUT2D eigenvalue weighted by Gasteiger charge is -2.45.